The van der Waals surface area contributed by atoms with Crippen LogP contribution in [0.15, 0.2) is 0 Å². The van der Waals surface area contributed by atoms with E-state index in [0.717, 1.165) is 23.0 Å². The fourth-order valence-corrected chi connectivity index (χ4v) is 12.1. The van der Waals surface area contributed by atoms with Crippen molar-refractivity contribution in [3.63, 3.8) is 0 Å². The molecule has 0 aromatic heterocycles. The molecule has 0 saturated carbocycles. The highest BCUT2D eigenvalue weighted by atomic mass is 33.1. The average molecular weight is 830 g/mol. The Bertz CT molecular complexity index is 1070. The van der Waals surface area contributed by atoms with Gasteiger partial charge in [-0.15, -0.1) is 0 Å². The molecule has 1 rings (SSSR count). The molecule has 2 amide bonds. The number of carbonyl (C=O) groups is 5. The number of carbonyl (C=O) groups excluding carboxylic acids is 3. The minimum atomic E-state index is -1.05. The van der Waals surface area contributed by atoms with Crippen LogP contribution in [0.2, 0.25) is 51.4 Å². The van der Waals surface area contributed by atoms with Gasteiger partial charge in [0.05, 0.1) is 32.7 Å². The molecular formula is C32H63N5O8S4Si2. The van der Waals surface area contributed by atoms with Gasteiger partial charge in [-0.3, -0.25) is 38.7 Å². The lowest BCUT2D eigenvalue weighted by molar-refractivity contribution is -0.143. The molecule has 13 nitrogen and oxygen atoms in total. The number of nitrogens with one attached hydrogen (secondary N) is 2. The maximum Gasteiger partial charge on any atom is 0.321 e. The van der Waals surface area contributed by atoms with E-state index in [1.165, 1.54) is 29.8 Å². The first kappa shape index (κ1) is 48.1. The normalized spacial score (nSPS) is 15.4. The van der Waals surface area contributed by atoms with Crippen molar-refractivity contribution >= 4 is 89.0 Å². The smallest absolute Gasteiger partial charge is 0.321 e. The number of hydrogen-bond acceptors (Lipinski definition) is 13. The highest BCUT2D eigenvalue weighted by Crippen LogP contribution is 2.25. The molecule has 296 valence electrons. The molecule has 0 spiro atoms. The molecule has 0 radical (unpaired) electrons. The molecule has 1 atom stereocenters. The van der Waals surface area contributed by atoms with Crippen molar-refractivity contribution in [2.24, 2.45) is 0 Å². The van der Waals surface area contributed by atoms with Gasteiger partial charge in [0.25, 0.3) is 0 Å². The van der Waals surface area contributed by atoms with E-state index in [-0.39, 0.29) is 51.1 Å². The minimum absolute atomic E-state index is 0.0400. The maximum absolute atomic E-state index is 12.6. The third kappa shape index (κ3) is 28.2. The summed E-state index contributed by atoms with van der Waals surface area (Å²) in [7, 11) is 5.07. The van der Waals surface area contributed by atoms with E-state index in [4.69, 9.17) is 4.74 Å². The predicted molar refractivity (Wildman–Crippen MR) is 220 cm³/mol. The number of amides is 2. The van der Waals surface area contributed by atoms with Gasteiger partial charge in [-0.2, -0.15) is 0 Å². The van der Waals surface area contributed by atoms with Crippen molar-refractivity contribution in [1.82, 2.24) is 25.3 Å². The highest BCUT2D eigenvalue weighted by Gasteiger charge is 2.32. The molecule has 0 aromatic carbocycles. The molecule has 1 aliphatic rings. The van der Waals surface area contributed by atoms with Crippen LogP contribution in [0.1, 0.15) is 25.7 Å². The third-order valence-electron chi connectivity index (χ3n) is 7.56. The van der Waals surface area contributed by atoms with Gasteiger partial charge in [-0.1, -0.05) is 94.5 Å². The van der Waals surface area contributed by atoms with Crippen molar-refractivity contribution in [2.45, 2.75) is 83.3 Å². The number of rotatable bonds is 31. The van der Waals surface area contributed by atoms with Crippen LogP contribution in [-0.4, -0.2) is 165 Å². The number of esters is 1. The van der Waals surface area contributed by atoms with Crippen LogP contribution in [0.5, 0.6) is 0 Å². The number of aliphatic carboxylic acids is 2. The fraction of sp³-hybridized carbons (Fsp3) is 0.844. The molecule has 4 N–H and O–H groups in total. The van der Waals surface area contributed by atoms with Crippen LogP contribution in [0.4, 0.5) is 0 Å². The van der Waals surface area contributed by atoms with Crippen molar-refractivity contribution in [3.05, 3.63) is 0 Å². The first-order valence-electron chi connectivity index (χ1n) is 17.8. The molecule has 51 heavy (non-hydrogen) atoms. The number of cyclic esters (lactones) is 1. The summed E-state index contributed by atoms with van der Waals surface area (Å²) in [4.78, 5) is 65.2. The zero-order valence-electron chi connectivity index (χ0n) is 31.5. The first-order valence-corrected chi connectivity index (χ1v) is 30.2. The second-order valence-electron chi connectivity index (χ2n) is 15.1. The van der Waals surface area contributed by atoms with Crippen LogP contribution in [0.25, 0.3) is 0 Å². The largest absolute Gasteiger partial charge is 0.480 e. The minimum Gasteiger partial charge on any atom is -0.480 e. The summed E-state index contributed by atoms with van der Waals surface area (Å²) in [6, 6.07) is 2.61. The fourth-order valence-electron chi connectivity index (χ4n) is 5.14. The topological polar surface area (TPSA) is 169 Å². The molecule has 1 saturated heterocycles. The second kappa shape index (κ2) is 26.8. The second-order valence-corrected chi connectivity index (χ2v) is 31.7. The van der Waals surface area contributed by atoms with Gasteiger partial charge in [0.1, 0.15) is 0 Å². The van der Waals surface area contributed by atoms with E-state index in [9.17, 15) is 34.2 Å². The summed E-state index contributed by atoms with van der Waals surface area (Å²) < 4.78 is 5.50. The SMILES string of the molecule is C[Si](C)(C)CCCSSCCNC(=O)CN(CCCN1CC(=O)OC1CCN(CC(=O)O)CC(=O)NCCSSCCC[Si](C)(C)C)CC(=O)O. The van der Waals surface area contributed by atoms with Crippen LogP contribution in [0, 0.1) is 0 Å². The number of nitrogens with zero attached hydrogens (tertiary/aromatic N) is 3. The van der Waals surface area contributed by atoms with Crippen molar-refractivity contribution in [3.8, 4) is 0 Å². The quantitative estimate of drug-likeness (QED) is 0.0340. The Morgan fingerprint density at radius 3 is 1.63 bits per heavy atom. The summed E-state index contributed by atoms with van der Waals surface area (Å²) in [5.74, 6) is 0.764. The summed E-state index contributed by atoms with van der Waals surface area (Å²) in [6.07, 6.45) is 2.63. The van der Waals surface area contributed by atoms with E-state index in [1.807, 2.05) is 26.5 Å². The Kier molecular flexibility index (Phi) is 25.2. The lowest BCUT2D eigenvalue weighted by atomic mass is 10.2. The molecule has 0 aliphatic carbocycles. The van der Waals surface area contributed by atoms with E-state index in [2.05, 4.69) is 49.9 Å². The van der Waals surface area contributed by atoms with Crippen LogP contribution < -0.4 is 10.6 Å². The van der Waals surface area contributed by atoms with Crippen molar-refractivity contribution in [1.29, 1.82) is 0 Å². The summed E-state index contributed by atoms with van der Waals surface area (Å²) in [5.41, 5.74) is 0. The number of ether oxygens (including phenoxy) is 1. The predicted octanol–water partition coefficient (Wildman–Crippen LogP) is 4.18. The van der Waals surface area contributed by atoms with Crippen LogP contribution >= 0.6 is 43.2 Å². The summed E-state index contributed by atoms with van der Waals surface area (Å²) in [5, 5.41) is 24.6. The third-order valence-corrected chi connectivity index (χ3v) is 16.3. The lowest BCUT2D eigenvalue weighted by Crippen LogP contribution is -2.43. The Labute approximate surface area is 323 Å². The summed E-state index contributed by atoms with van der Waals surface area (Å²) in [6.45, 7) is 15.6. The van der Waals surface area contributed by atoms with Crippen LogP contribution in [-0.2, 0) is 28.7 Å². The zero-order valence-corrected chi connectivity index (χ0v) is 36.8. The van der Waals surface area contributed by atoms with Crippen molar-refractivity contribution < 1.29 is 38.9 Å². The maximum atomic E-state index is 12.6. The standard InChI is InChI=1S/C32H63N5O8S4Si2/c1-50(2,3)20-8-16-46-48-18-11-33-27(38)22-35(24-30(40)41)13-7-14-37-26-32(44)45-29(37)10-15-36(25-31(42)43)23-28(39)34-12-19-49-47-17-9-21-51(4,5)6/h29H,7-26H2,1-6H3,(H,33,38)(H,34,39)(H,40,41)(H,42,43). The lowest BCUT2D eigenvalue weighted by Gasteiger charge is -2.26. The van der Waals surface area contributed by atoms with Gasteiger partial charge in [-0.05, 0) is 19.3 Å². The average Bonchev–Trinajstić information content (AvgIpc) is 3.35. The molecule has 1 aliphatic heterocycles. The monoisotopic (exact) mass is 829 g/mol. The van der Waals surface area contributed by atoms with Gasteiger partial charge < -0.3 is 25.6 Å². The van der Waals surface area contributed by atoms with Gasteiger partial charge in [0.15, 0.2) is 6.23 Å². The summed E-state index contributed by atoms with van der Waals surface area (Å²) >= 11 is 0. The molecule has 1 unspecified atom stereocenters. The van der Waals surface area contributed by atoms with E-state index < -0.39 is 40.3 Å². The van der Waals surface area contributed by atoms with Gasteiger partial charge >= 0.3 is 17.9 Å². The van der Waals surface area contributed by atoms with Gasteiger partial charge in [0, 0.05) is 78.3 Å². The Morgan fingerprint density at radius 1 is 0.725 bits per heavy atom. The first-order chi connectivity index (χ1) is 23.9. The molecule has 1 heterocycles. The van der Waals surface area contributed by atoms with Gasteiger partial charge in [-0.25, -0.2) is 0 Å². The Hall–Kier alpha value is -0.936. The molecule has 1 fully saturated rings. The Morgan fingerprint density at radius 2 is 1.18 bits per heavy atom. The van der Waals surface area contributed by atoms with E-state index >= 15 is 0 Å². The van der Waals surface area contributed by atoms with Crippen molar-refractivity contribution in [2.75, 3.05) is 88.5 Å². The number of hydrogen-bond donors (Lipinski definition) is 4. The number of carboxylic acids is 2. The molecular weight excluding hydrogens is 767 g/mol. The molecule has 0 aromatic rings. The van der Waals surface area contributed by atoms with Crippen LogP contribution in [0.3, 0.4) is 0 Å². The molecule has 0 bridgehead atoms. The Balaban J connectivity index is 2.44. The highest BCUT2D eigenvalue weighted by molar-refractivity contribution is 8.77. The van der Waals surface area contributed by atoms with Gasteiger partial charge in [0.2, 0.25) is 11.8 Å². The number of carboxylic acid groups (broad SMARTS) is 2. The zero-order chi connectivity index (χ0) is 38.3. The van der Waals surface area contributed by atoms with E-state index in [0.29, 0.717) is 39.0 Å². The molecule has 19 heteroatoms. The van der Waals surface area contributed by atoms with E-state index in [1.54, 1.807) is 26.5 Å².